The average Bonchev–Trinajstić information content (AvgIpc) is 3.12. The molecule has 0 aliphatic heterocycles. The van der Waals surface area contributed by atoms with Gasteiger partial charge in [0.05, 0.1) is 12.6 Å². The van der Waals surface area contributed by atoms with Crippen LogP contribution in [0.15, 0.2) is 37.1 Å². The Kier molecular flexibility index (Phi) is 10.5. The van der Waals surface area contributed by atoms with Crippen molar-refractivity contribution >= 4 is 36.6 Å². The molecule has 4 N–H and O–H groups in total. The molecule has 26 heavy (non-hydrogen) atoms. The van der Waals surface area contributed by atoms with E-state index in [0.29, 0.717) is 6.54 Å². The first-order chi connectivity index (χ1) is 11.5. The Hall–Kier alpha value is -2.16. The predicted octanol–water partition coefficient (Wildman–Crippen LogP) is 0.827. The van der Waals surface area contributed by atoms with Crippen LogP contribution in [0.4, 0.5) is 0 Å². The van der Waals surface area contributed by atoms with Gasteiger partial charge in [-0.15, -0.1) is 24.8 Å². The molecule has 0 saturated carbocycles. The maximum absolute atomic E-state index is 11.8. The topological polar surface area (TPSA) is 115 Å². The second kappa shape index (κ2) is 11.5. The van der Waals surface area contributed by atoms with Crippen molar-refractivity contribution in [1.29, 1.82) is 0 Å². The van der Waals surface area contributed by atoms with Crippen molar-refractivity contribution in [3.05, 3.63) is 42.6 Å². The van der Waals surface area contributed by atoms with E-state index in [4.69, 9.17) is 5.73 Å². The molecule has 0 spiro atoms. The predicted molar refractivity (Wildman–Crippen MR) is 104 cm³/mol. The van der Waals surface area contributed by atoms with Gasteiger partial charge in [-0.05, 0) is 23.6 Å². The average molecular weight is 403 g/mol. The van der Waals surface area contributed by atoms with E-state index < -0.39 is 6.04 Å². The number of hydrogen-bond donors (Lipinski definition) is 3. The molecule has 8 nitrogen and oxygen atoms in total. The molecule has 1 atom stereocenters. The van der Waals surface area contributed by atoms with Gasteiger partial charge in [0, 0.05) is 25.1 Å². The number of hydrogen-bond acceptors (Lipinski definition) is 5. The van der Waals surface area contributed by atoms with Crippen molar-refractivity contribution in [2.75, 3.05) is 6.54 Å². The van der Waals surface area contributed by atoms with Crippen molar-refractivity contribution in [3.63, 3.8) is 0 Å². The van der Waals surface area contributed by atoms with E-state index in [-0.39, 0.29) is 49.1 Å². The van der Waals surface area contributed by atoms with Crippen LogP contribution in [0.5, 0.6) is 0 Å². The zero-order valence-electron chi connectivity index (χ0n) is 14.6. The highest BCUT2D eigenvalue weighted by molar-refractivity contribution is 5.87. The number of nitrogens with two attached hydrogens (primary N) is 1. The third-order valence-corrected chi connectivity index (χ3v) is 3.51. The standard InChI is InChI=1S/C16H22N6O2.2ClH/c1-11(2)15(17)16(24)21-9-14(23)20-8-12-3-4-19-13(7-12)22-6-5-18-10-22;;/h3-7,10-11,15H,8-9,17H2,1-2H3,(H,20,23)(H,21,24);2*1H/t15-;;/m0../s1. The monoisotopic (exact) mass is 402 g/mol. The van der Waals surface area contributed by atoms with Gasteiger partial charge in [0.15, 0.2) is 0 Å². The highest BCUT2D eigenvalue weighted by Gasteiger charge is 2.17. The molecule has 0 aliphatic rings. The van der Waals surface area contributed by atoms with E-state index >= 15 is 0 Å². The molecule has 0 aliphatic carbocycles. The molecule has 2 rings (SSSR count). The number of amides is 2. The van der Waals surface area contributed by atoms with Gasteiger partial charge in [-0.25, -0.2) is 9.97 Å². The second-order valence-corrected chi connectivity index (χ2v) is 5.76. The summed E-state index contributed by atoms with van der Waals surface area (Å²) in [7, 11) is 0. The molecule has 2 aromatic rings. The van der Waals surface area contributed by atoms with Crippen LogP contribution in [0.2, 0.25) is 0 Å². The van der Waals surface area contributed by atoms with Crippen molar-refractivity contribution in [3.8, 4) is 5.82 Å². The largest absolute Gasteiger partial charge is 0.350 e. The summed E-state index contributed by atoms with van der Waals surface area (Å²) >= 11 is 0. The van der Waals surface area contributed by atoms with Crippen molar-refractivity contribution < 1.29 is 9.59 Å². The Morgan fingerprint density at radius 1 is 1.23 bits per heavy atom. The zero-order valence-corrected chi connectivity index (χ0v) is 16.2. The van der Waals surface area contributed by atoms with E-state index in [1.807, 2.05) is 26.0 Å². The lowest BCUT2D eigenvalue weighted by Crippen LogP contribution is -2.47. The molecule has 0 aromatic carbocycles. The molecule has 2 aromatic heterocycles. The number of imidazole rings is 1. The Labute approximate surface area is 164 Å². The summed E-state index contributed by atoms with van der Waals surface area (Å²) in [6, 6.07) is 3.05. The summed E-state index contributed by atoms with van der Waals surface area (Å²) < 4.78 is 1.78. The van der Waals surface area contributed by atoms with Crippen LogP contribution in [0.1, 0.15) is 19.4 Å². The van der Waals surface area contributed by atoms with Gasteiger partial charge in [0.2, 0.25) is 11.8 Å². The summed E-state index contributed by atoms with van der Waals surface area (Å²) in [5.41, 5.74) is 6.61. The van der Waals surface area contributed by atoms with Crippen LogP contribution in [0.3, 0.4) is 0 Å². The van der Waals surface area contributed by atoms with Crippen LogP contribution >= 0.6 is 24.8 Å². The molecule has 0 unspecified atom stereocenters. The third-order valence-electron chi connectivity index (χ3n) is 3.51. The highest BCUT2D eigenvalue weighted by Crippen LogP contribution is 2.06. The number of carbonyl (C=O) groups is 2. The van der Waals surface area contributed by atoms with Crippen LogP contribution < -0.4 is 16.4 Å². The lowest BCUT2D eigenvalue weighted by atomic mass is 10.1. The Morgan fingerprint density at radius 3 is 2.58 bits per heavy atom. The summed E-state index contributed by atoms with van der Waals surface area (Å²) in [5, 5.41) is 5.28. The van der Waals surface area contributed by atoms with Crippen molar-refractivity contribution in [1.82, 2.24) is 25.2 Å². The van der Waals surface area contributed by atoms with E-state index in [2.05, 4.69) is 20.6 Å². The summed E-state index contributed by atoms with van der Waals surface area (Å²) in [6.45, 7) is 3.95. The van der Waals surface area contributed by atoms with E-state index in [9.17, 15) is 9.59 Å². The van der Waals surface area contributed by atoms with E-state index in [1.165, 1.54) is 0 Å². The number of nitrogens with zero attached hydrogens (tertiary/aromatic N) is 3. The number of nitrogens with one attached hydrogen (secondary N) is 2. The van der Waals surface area contributed by atoms with Gasteiger partial charge < -0.3 is 16.4 Å². The van der Waals surface area contributed by atoms with Gasteiger partial charge >= 0.3 is 0 Å². The normalized spacial score (nSPS) is 11.1. The maximum atomic E-state index is 11.8. The molecule has 0 radical (unpaired) electrons. The molecule has 0 bridgehead atoms. The molecular formula is C16H24Cl2N6O2. The minimum atomic E-state index is -0.615. The SMILES string of the molecule is CC(C)[C@H](N)C(=O)NCC(=O)NCc1ccnc(-n2ccnc2)c1.Cl.Cl. The zero-order chi connectivity index (χ0) is 17.5. The number of rotatable bonds is 7. The fraction of sp³-hybridized carbons (Fsp3) is 0.375. The van der Waals surface area contributed by atoms with Gasteiger partial charge in [0.1, 0.15) is 12.1 Å². The van der Waals surface area contributed by atoms with Crippen LogP contribution in [0.25, 0.3) is 5.82 Å². The third kappa shape index (κ3) is 6.99. The first-order valence-corrected chi connectivity index (χ1v) is 7.70. The minimum absolute atomic E-state index is 0. The van der Waals surface area contributed by atoms with Crippen LogP contribution in [0, 0.1) is 5.92 Å². The summed E-state index contributed by atoms with van der Waals surface area (Å²) in [6.07, 6.45) is 6.78. The Morgan fingerprint density at radius 2 is 1.96 bits per heavy atom. The molecule has 2 heterocycles. The smallest absolute Gasteiger partial charge is 0.239 e. The Balaban J connectivity index is 0.00000312. The van der Waals surface area contributed by atoms with Gasteiger partial charge in [0.25, 0.3) is 0 Å². The lowest BCUT2D eigenvalue weighted by Gasteiger charge is -2.15. The van der Waals surface area contributed by atoms with Crippen molar-refractivity contribution in [2.45, 2.75) is 26.4 Å². The fourth-order valence-electron chi connectivity index (χ4n) is 1.96. The van der Waals surface area contributed by atoms with E-state index in [1.54, 1.807) is 29.5 Å². The number of carbonyl (C=O) groups excluding carboxylic acids is 2. The molecule has 10 heteroatoms. The molecule has 2 amide bonds. The first kappa shape index (κ1) is 23.8. The number of aromatic nitrogens is 3. The lowest BCUT2D eigenvalue weighted by molar-refractivity contribution is -0.127. The second-order valence-electron chi connectivity index (χ2n) is 5.76. The summed E-state index contributed by atoms with van der Waals surface area (Å²) in [4.78, 5) is 31.8. The fourth-order valence-corrected chi connectivity index (χ4v) is 1.96. The molecule has 144 valence electrons. The van der Waals surface area contributed by atoms with Gasteiger partial charge in [-0.3, -0.25) is 14.2 Å². The highest BCUT2D eigenvalue weighted by atomic mass is 35.5. The quantitative estimate of drug-likeness (QED) is 0.634. The number of pyridine rings is 1. The molecular weight excluding hydrogens is 379 g/mol. The van der Waals surface area contributed by atoms with Crippen LogP contribution in [-0.4, -0.2) is 38.9 Å². The summed E-state index contributed by atoms with van der Waals surface area (Å²) in [5.74, 6) is 0.133. The maximum Gasteiger partial charge on any atom is 0.239 e. The molecule has 0 fully saturated rings. The minimum Gasteiger partial charge on any atom is -0.350 e. The Bertz CT molecular complexity index is 694. The van der Waals surface area contributed by atoms with Crippen LogP contribution in [-0.2, 0) is 16.1 Å². The first-order valence-electron chi connectivity index (χ1n) is 7.70. The number of halogens is 2. The van der Waals surface area contributed by atoms with Gasteiger partial charge in [-0.1, -0.05) is 13.8 Å². The van der Waals surface area contributed by atoms with E-state index in [0.717, 1.165) is 11.4 Å². The van der Waals surface area contributed by atoms with Gasteiger partial charge in [-0.2, -0.15) is 0 Å². The van der Waals surface area contributed by atoms with Crippen molar-refractivity contribution in [2.24, 2.45) is 11.7 Å². The molecule has 0 saturated heterocycles.